The number of carbonyl (C=O) groups is 1. The molecule has 0 N–H and O–H groups in total. The third-order valence-electron chi connectivity index (χ3n) is 3.66. The number of nitrogens with zero attached hydrogens (tertiary/aromatic N) is 3. The van der Waals surface area contributed by atoms with Crippen molar-refractivity contribution in [2.75, 3.05) is 26.8 Å². The Kier molecular flexibility index (Phi) is 4.58. The first-order valence-electron chi connectivity index (χ1n) is 6.89. The van der Waals surface area contributed by atoms with Gasteiger partial charge in [0.25, 0.3) is 0 Å². The lowest BCUT2D eigenvalue weighted by Crippen LogP contribution is -2.31. The summed E-state index contributed by atoms with van der Waals surface area (Å²) in [6.07, 6.45) is 1.62. The van der Waals surface area contributed by atoms with E-state index in [1.807, 2.05) is 25.6 Å². The number of carbonyl (C=O) groups excluding carboxylic acids is 1. The second kappa shape index (κ2) is 6.19. The fourth-order valence-corrected chi connectivity index (χ4v) is 2.42. The van der Waals surface area contributed by atoms with Crippen molar-refractivity contribution in [1.29, 1.82) is 0 Å². The number of aromatic nitrogens is 2. The van der Waals surface area contributed by atoms with Gasteiger partial charge in [-0.05, 0) is 32.3 Å². The van der Waals surface area contributed by atoms with E-state index >= 15 is 0 Å². The summed E-state index contributed by atoms with van der Waals surface area (Å²) in [6, 6.07) is 2.05. The predicted octanol–water partition coefficient (Wildman–Crippen LogP) is 1.38. The first kappa shape index (κ1) is 14.1. The average molecular weight is 265 g/mol. The van der Waals surface area contributed by atoms with Crippen molar-refractivity contribution < 1.29 is 9.53 Å². The molecule has 1 aliphatic rings. The van der Waals surface area contributed by atoms with Crippen molar-refractivity contribution in [3.63, 3.8) is 0 Å². The molecule has 1 aromatic rings. The van der Waals surface area contributed by atoms with Crippen molar-refractivity contribution in [2.45, 2.75) is 33.2 Å². The van der Waals surface area contributed by atoms with Crippen LogP contribution in [0.2, 0.25) is 0 Å². The molecule has 19 heavy (non-hydrogen) atoms. The Labute approximate surface area is 114 Å². The first-order valence-corrected chi connectivity index (χ1v) is 6.89. The van der Waals surface area contributed by atoms with E-state index in [1.165, 1.54) is 0 Å². The number of amides is 1. The molecule has 0 radical (unpaired) electrons. The maximum absolute atomic E-state index is 12.1. The molecule has 2 heterocycles. The van der Waals surface area contributed by atoms with E-state index in [0.717, 1.165) is 37.6 Å². The van der Waals surface area contributed by atoms with Crippen molar-refractivity contribution in [3.8, 4) is 0 Å². The zero-order valence-corrected chi connectivity index (χ0v) is 12.1. The second-order valence-corrected chi connectivity index (χ2v) is 5.40. The Morgan fingerprint density at radius 2 is 2.37 bits per heavy atom. The maximum atomic E-state index is 12.1. The van der Waals surface area contributed by atoms with Crippen LogP contribution in [0.5, 0.6) is 0 Å². The summed E-state index contributed by atoms with van der Waals surface area (Å²) >= 11 is 0. The summed E-state index contributed by atoms with van der Waals surface area (Å²) in [4.78, 5) is 13.9. The number of hydrogen-bond donors (Lipinski definition) is 0. The molecule has 1 aliphatic heterocycles. The van der Waals surface area contributed by atoms with E-state index in [4.69, 9.17) is 4.74 Å². The zero-order valence-electron chi connectivity index (χ0n) is 12.1. The van der Waals surface area contributed by atoms with Gasteiger partial charge in [-0.25, -0.2) is 0 Å². The van der Waals surface area contributed by atoms with E-state index in [1.54, 1.807) is 4.90 Å². The second-order valence-electron chi connectivity index (χ2n) is 5.40. The molecule has 1 aromatic heterocycles. The number of rotatable bonds is 5. The SMILES string of the molecule is Cc1cc(C)n(CCN(C)C(=O)C[C@@H]2CCOC2)n1. The van der Waals surface area contributed by atoms with Crippen LogP contribution in [-0.4, -0.2) is 47.4 Å². The molecule has 5 heteroatoms. The molecule has 1 amide bonds. The molecule has 0 unspecified atom stereocenters. The standard InChI is InChI=1S/C14H23N3O2/c1-11-8-12(2)17(15-11)6-5-16(3)14(18)9-13-4-7-19-10-13/h8,13H,4-7,9-10H2,1-3H3/t13-/m0/s1. The van der Waals surface area contributed by atoms with Crippen LogP contribution >= 0.6 is 0 Å². The summed E-state index contributed by atoms with van der Waals surface area (Å²) in [6.45, 7) is 7.01. The highest BCUT2D eigenvalue weighted by atomic mass is 16.5. The van der Waals surface area contributed by atoms with Gasteiger partial charge >= 0.3 is 0 Å². The number of hydrogen-bond acceptors (Lipinski definition) is 3. The molecule has 0 aliphatic carbocycles. The number of likely N-dealkylation sites (N-methyl/N-ethyl adjacent to an activating group) is 1. The maximum Gasteiger partial charge on any atom is 0.222 e. The topological polar surface area (TPSA) is 47.4 Å². The molecule has 0 aromatic carbocycles. The summed E-state index contributed by atoms with van der Waals surface area (Å²) in [5, 5.41) is 4.40. The highest BCUT2D eigenvalue weighted by molar-refractivity contribution is 5.76. The first-order chi connectivity index (χ1) is 9.06. The zero-order chi connectivity index (χ0) is 13.8. The minimum absolute atomic E-state index is 0.206. The summed E-state index contributed by atoms with van der Waals surface area (Å²) in [7, 11) is 1.86. The highest BCUT2D eigenvalue weighted by Gasteiger charge is 2.21. The molecule has 106 valence electrons. The number of ether oxygens (including phenoxy) is 1. The smallest absolute Gasteiger partial charge is 0.222 e. The number of aryl methyl sites for hydroxylation is 2. The van der Waals surface area contributed by atoms with Gasteiger partial charge in [0, 0.05) is 38.9 Å². The normalized spacial score (nSPS) is 18.8. The van der Waals surface area contributed by atoms with E-state index < -0.39 is 0 Å². The van der Waals surface area contributed by atoms with Crippen LogP contribution in [-0.2, 0) is 16.1 Å². The van der Waals surface area contributed by atoms with Gasteiger partial charge in [-0.15, -0.1) is 0 Å². The van der Waals surface area contributed by atoms with Gasteiger partial charge < -0.3 is 9.64 Å². The third-order valence-corrected chi connectivity index (χ3v) is 3.66. The summed E-state index contributed by atoms with van der Waals surface area (Å²) in [5.74, 6) is 0.612. The summed E-state index contributed by atoms with van der Waals surface area (Å²) < 4.78 is 7.26. The lowest BCUT2D eigenvalue weighted by atomic mass is 10.0. The molecule has 0 bridgehead atoms. The lowest BCUT2D eigenvalue weighted by Gasteiger charge is -2.19. The fourth-order valence-electron chi connectivity index (χ4n) is 2.42. The molecule has 1 saturated heterocycles. The van der Waals surface area contributed by atoms with Crippen molar-refractivity contribution >= 4 is 5.91 Å². The molecule has 1 fully saturated rings. The lowest BCUT2D eigenvalue weighted by molar-refractivity contribution is -0.131. The predicted molar refractivity (Wildman–Crippen MR) is 72.9 cm³/mol. The van der Waals surface area contributed by atoms with Crippen LogP contribution in [0.4, 0.5) is 0 Å². The van der Waals surface area contributed by atoms with Gasteiger partial charge in [-0.3, -0.25) is 9.48 Å². The van der Waals surface area contributed by atoms with Gasteiger partial charge in [0.15, 0.2) is 0 Å². The van der Waals surface area contributed by atoms with Crippen LogP contribution in [0, 0.1) is 19.8 Å². The highest BCUT2D eigenvalue weighted by Crippen LogP contribution is 2.17. The Balaban J connectivity index is 1.78. The molecule has 5 nitrogen and oxygen atoms in total. The van der Waals surface area contributed by atoms with Crippen LogP contribution in [0.3, 0.4) is 0 Å². The Hall–Kier alpha value is -1.36. The average Bonchev–Trinajstić information content (AvgIpc) is 2.96. The van der Waals surface area contributed by atoms with Gasteiger partial charge in [-0.2, -0.15) is 5.10 Å². The molecular weight excluding hydrogens is 242 g/mol. The quantitative estimate of drug-likeness (QED) is 0.808. The van der Waals surface area contributed by atoms with Gasteiger partial charge in [0.1, 0.15) is 0 Å². The molecule has 0 saturated carbocycles. The summed E-state index contributed by atoms with van der Waals surface area (Å²) in [5.41, 5.74) is 2.16. The van der Waals surface area contributed by atoms with Crippen LogP contribution in [0.1, 0.15) is 24.2 Å². The van der Waals surface area contributed by atoms with E-state index in [0.29, 0.717) is 18.9 Å². The Bertz CT molecular complexity index is 436. The molecule has 1 atom stereocenters. The fraction of sp³-hybridized carbons (Fsp3) is 0.714. The molecule has 0 spiro atoms. The van der Waals surface area contributed by atoms with E-state index in [-0.39, 0.29) is 5.91 Å². The van der Waals surface area contributed by atoms with Crippen molar-refractivity contribution in [3.05, 3.63) is 17.5 Å². The minimum atomic E-state index is 0.206. The van der Waals surface area contributed by atoms with Crippen LogP contribution < -0.4 is 0 Å². The van der Waals surface area contributed by atoms with Crippen LogP contribution in [0.15, 0.2) is 6.07 Å². The Morgan fingerprint density at radius 3 is 2.95 bits per heavy atom. The third kappa shape index (κ3) is 3.80. The molecular formula is C14H23N3O2. The monoisotopic (exact) mass is 265 g/mol. The van der Waals surface area contributed by atoms with Crippen molar-refractivity contribution in [2.24, 2.45) is 5.92 Å². The van der Waals surface area contributed by atoms with Crippen LogP contribution in [0.25, 0.3) is 0 Å². The van der Waals surface area contributed by atoms with E-state index in [2.05, 4.69) is 11.2 Å². The van der Waals surface area contributed by atoms with Gasteiger partial charge in [0.2, 0.25) is 5.91 Å². The van der Waals surface area contributed by atoms with Crippen molar-refractivity contribution in [1.82, 2.24) is 14.7 Å². The Morgan fingerprint density at radius 1 is 1.58 bits per heavy atom. The molecule has 2 rings (SSSR count). The minimum Gasteiger partial charge on any atom is -0.381 e. The van der Waals surface area contributed by atoms with Gasteiger partial charge in [-0.1, -0.05) is 0 Å². The van der Waals surface area contributed by atoms with Gasteiger partial charge in [0.05, 0.1) is 12.2 Å². The largest absolute Gasteiger partial charge is 0.381 e. The van der Waals surface area contributed by atoms with E-state index in [9.17, 15) is 4.79 Å².